The molecule has 0 aliphatic heterocycles. The van der Waals surface area contributed by atoms with E-state index in [1.54, 1.807) is 0 Å². The Labute approximate surface area is 119 Å². The molecule has 0 aromatic heterocycles. The van der Waals surface area contributed by atoms with Gasteiger partial charge in [0.05, 0.1) is 12.1 Å². The lowest BCUT2D eigenvalue weighted by molar-refractivity contribution is 0.0953. The van der Waals surface area contributed by atoms with Crippen molar-refractivity contribution >= 4 is 5.78 Å². The Bertz CT molecular complexity index is 564. The van der Waals surface area contributed by atoms with Crippen LogP contribution in [0.2, 0.25) is 0 Å². The maximum Gasteiger partial charge on any atom is 0.180 e. The minimum atomic E-state index is 0.0682. The molecule has 2 rings (SSSR count). The maximum atomic E-state index is 12.2. The summed E-state index contributed by atoms with van der Waals surface area (Å²) < 4.78 is 5.79. The monoisotopic (exact) mass is 269 g/mol. The molecular weight excluding hydrogens is 250 g/mol. The molecule has 0 saturated carbocycles. The SMILES string of the molecule is CN(C)CC(=O)c1ccccc1OCc1ccccc1. The van der Waals surface area contributed by atoms with Crippen molar-refractivity contribution in [2.24, 2.45) is 0 Å². The lowest BCUT2D eigenvalue weighted by Crippen LogP contribution is -2.22. The quantitative estimate of drug-likeness (QED) is 0.755. The molecule has 0 aliphatic carbocycles. The van der Waals surface area contributed by atoms with Crippen LogP contribution < -0.4 is 4.74 Å². The molecular formula is C17H19NO2. The number of carbonyl (C=O) groups excluding carboxylic acids is 1. The van der Waals surface area contributed by atoms with Gasteiger partial charge in [-0.25, -0.2) is 0 Å². The van der Waals surface area contributed by atoms with Crippen molar-refractivity contribution in [3.8, 4) is 5.75 Å². The second-order valence-corrected chi connectivity index (χ2v) is 4.93. The Morgan fingerprint density at radius 1 is 1.00 bits per heavy atom. The molecule has 0 spiro atoms. The first-order valence-electron chi connectivity index (χ1n) is 6.60. The van der Waals surface area contributed by atoms with Gasteiger partial charge in [-0.3, -0.25) is 4.79 Å². The highest BCUT2D eigenvalue weighted by Gasteiger charge is 2.12. The standard InChI is InChI=1S/C17H19NO2/c1-18(2)12-16(19)15-10-6-7-11-17(15)20-13-14-8-4-3-5-9-14/h3-11H,12-13H2,1-2H3. The van der Waals surface area contributed by atoms with Crippen LogP contribution in [0.15, 0.2) is 54.6 Å². The summed E-state index contributed by atoms with van der Waals surface area (Å²) in [4.78, 5) is 14.0. The number of hydrogen-bond acceptors (Lipinski definition) is 3. The molecule has 104 valence electrons. The summed E-state index contributed by atoms with van der Waals surface area (Å²) in [5.74, 6) is 0.710. The first kappa shape index (κ1) is 14.3. The fourth-order valence-corrected chi connectivity index (χ4v) is 1.93. The van der Waals surface area contributed by atoms with Crippen LogP contribution in [-0.2, 0) is 6.61 Å². The van der Waals surface area contributed by atoms with Crippen LogP contribution in [0, 0.1) is 0 Å². The molecule has 0 unspecified atom stereocenters. The molecule has 3 nitrogen and oxygen atoms in total. The minimum absolute atomic E-state index is 0.0682. The number of Topliss-reactive ketones (excluding diaryl/α,β-unsaturated/α-hetero) is 1. The third-order valence-electron chi connectivity index (χ3n) is 2.88. The Balaban J connectivity index is 2.10. The lowest BCUT2D eigenvalue weighted by Gasteiger charge is -2.13. The fraction of sp³-hybridized carbons (Fsp3) is 0.235. The van der Waals surface area contributed by atoms with Crippen molar-refractivity contribution in [2.45, 2.75) is 6.61 Å². The van der Waals surface area contributed by atoms with E-state index in [0.717, 1.165) is 5.56 Å². The third kappa shape index (κ3) is 3.93. The van der Waals surface area contributed by atoms with Crippen LogP contribution in [0.3, 0.4) is 0 Å². The molecule has 2 aromatic rings. The van der Waals surface area contributed by atoms with E-state index < -0.39 is 0 Å². The Morgan fingerprint density at radius 3 is 2.35 bits per heavy atom. The van der Waals surface area contributed by atoms with Gasteiger partial charge in [-0.05, 0) is 31.8 Å². The molecule has 0 N–H and O–H groups in total. The van der Waals surface area contributed by atoms with Crippen LogP contribution in [0.1, 0.15) is 15.9 Å². The fourth-order valence-electron chi connectivity index (χ4n) is 1.93. The number of nitrogens with zero attached hydrogens (tertiary/aromatic N) is 1. The van der Waals surface area contributed by atoms with Gasteiger partial charge in [0.15, 0.2) is 5.78 Å². The zero-order valence-electron chi connectivity index (χ0n) is 11.9. The van der Waals surface area contributed by atoms with E-state index >= 15 is 0 Å². The number of para-hydroxylation sites is 1. The predicted octanol–water partition coefficient (Wildman–Crippen LogP) is 3.01. The lowest BCUT2D eigenvalue weighted by atomic mass is 10.1. The predicted molar refractivity (Wildman–Crippen MR) is 80.1 cm³/mol. The van der Waals surface area contributed by atoms with Crippen LogP contribution >= 0.6 is 0 Å². The molecule has 0 amide bonds. The number of rotatable bonds is 6. The average molecular weight is 269 g/mol. The number of hydrogen-bond donors (Lipinski definition) is 0. The maximum absolute atomic E-state index is 12.2. The number of ketones is 1. The topological polar surface area (TPSA) is 29.5 Å². The largest absolute Gasteiger partial charge is 0.488 e. The van der Waals surface area contributed by atoms with Gasteiger partial charge in [-0.15, -0.1) is 0 Å². The van der Waals surface area contributed by atoms with Crippen molar-refractivity contribution in [1.29, 1.82) is 0 Å². The summed E-state index contributed by atoms with van der Waals surface area (Å²) in [6, 6.07) is 17.3. The van der Waals surface area contributed by atoms with Gasteiger partial charge in [-0.2, -0.15) is 0 Å². The second kappa shape index (κ2) is 6.87. The molecule has 0 heterocycles. The Morgan fingerprint density at radius 2 is 1.65 bits per heavy atom. The highest BCUT2D eigenvalue weighted by atomic mass is 16.5. The number of likely N-dealkylation sites (N-methyl/N-ethyl adjacent to an activating group) is 1. The van der Waals surface area contributed by atoms with Gasteiger partial charge >= 0.3 is 0 Å². The van der Waals surface area contributed by atoms with E-state index in [-0.39, 0.29) is 5.78 Å². The molecule has 3 heteroatoms. The molecule has 2 aromatic carbocycles. The number of benzene rings is 2. The zero-order valence-corrected chi connectivity index (χ0v) is 11.9. The molecule has 0 radical (unpaired) electrons. The second-order valence-electron chi connectivity index (χ2n) is 4.93. The van der Waals surface area contributed by atoms with Crippen LogP contribution in [0.25, 0.3) is 0 Å². The number of carbonyl (C=O) groups is 1. The average Bonchev–Trinajstić information content (AvgIpc) is 2.46. The smallest absolute Gasteiger partial charge is 0.180 e. The normalized spacial score (nSPS) is 10.6. The van der Waals surface area contributed by atoms with Crippen molar-refractivity contribution < 1.29 is 9.53 Å². The summed E-state index contributed by atoms with van der Waals surface area (Å²) in [6.45, 7) is 0.846. The van der Waals surface area contributed by atoms with Crippen LogP contribution in [0.4, 0.5) is 0 Å². The van der Waals surface area contributed by atoms with E-state index in [1.807, 2.05) is 73.6 Å². The van der Waals surface area contributed by atoms with Gasteiger partial charge in [0.25, 0.3) is 0 Å². The summed E-state index contributed by atoms with van der Waals surface area (Å²) >= 11 is 0. The van der Waals surface area contributed by atoms with Crippen LogP contribution in [0.5, 0.6) is 5.75 Å². The summed E-state index contributed by atoms with van der Waals surface area (Å²) in [6.07, 6.45) is 0. The Hall–Kier alpha value is -2.13. The molecule has 0 bridgehead atoms. The molecule has 0 atom stereocenters. The van der Waals surface area contributed by atoms with Gasteiger partial charge in [0, 0.05) is 0 Å². The van der Waals surface area contributed by atoms with Crippen molar-refractivity contribution in [3.05, 3.63) is 65.7 Å². The summed E-state index contributed by atoms with van der Waals surface area (Å²) in [5, 5.41) is 0. The van der Waals surface area contributed by atoms with Crippen molar-refractivity contribution in [3.63, 3.8) is 0 Å². The van der Waals surface area contributed by atoms with E-state index in [9.17, 15) is 4.79 Å². The van der Waals surface area contributed by atoms with Gasteiger partial charge in [0.1, 0.15) is 12.4 Å². The third-order valence-corrected chi connectivity index (χ3v) is 2.88. The number of ether oxygens (including phenoxy) is 1. The molecule has 20 heavy (non-hydrogen) atoms. The van der Waals surface area contributed by atoms with Crippen LogP contribution in [-0.4, -0.2) is 31.3 Å². The van der Waals surface area contributed by atoms with E-state index in [1.165, 1.54) is 0 Å². The first-order valence-corrected chi connectivity index (χ1v) is 6.60. The Kier molecular flexibility index (Phi) is 4.91. The molecule has 0 fully saturated rings. The van der Waals surface area contributed by atoms with Crippen molar-refractivity contribution in [2.75, 3.05) is 20.6 Å². The summed E-state index contributed by atoms with van der Waals surface area (Å²) in [5.41, 5.74) is 1.72. The molecule has 0 saturated heterocycles. The zero-order chi connectivity index (χ0) is 14.4. The van der Waals surface area contributed by atoms with Crippen molar-refractivity contribution in [1.82, 2.24) is 4.90 Å². The van der Waals surface area contributed by atoms with Gasteiger partial charge < -0.3 is 9.64 Å². The van der Waals surface area contributed by atoms with E-state index in [4.69, 9.17) is 4.74 Å². The molecule has 0 aliphatic rings. The van der Waals surface area contributed by atoms with E-state index in [2.05, 4.69) is 0 Å². The first-order chi connectivity index (χ1) is 9.66. The highest BCUT2D eigenvalue weighted by Crippen LogP contribution is 2.20. The summed E-state index contributed by atoms with van der Waals surface area (Å²) in [7, 11) is 3.76. The van der Waals surface area contributed by atoms with Gasteiger partial charge in [0.2, 0.25) is 0 Å². The minimum Gasteiger partial charge on any atom is -0.488 e. The van der Waals surface area contributed by atoms with E-state index in [0.29, 0.717) is 24.5 Å². The van der Waals surface area contributed by atoms with Gasteiger partial charge in [-0.1, -0.05) is 42.5 Å². The highest BCUT2D eigenvalue weighted by molar-refractivity contribution is 6.00.